The standard InChI is InChI=1S/C17H27ClO3Si/c1-17(2,3)22(5,6)21-14-10-12-8-7-9-13(18)15(12)16(14)20-11-19-4/h7-9,14,16H,10-11H2,1-6H3/t14-,16-/m0/s1. The lowest BCUT2D eigenvalue weighted by Gasteiger charge is -2.39. The second-order valence-electron chi connectivity index (χ2n) is 7.43. The molecule has 0 fully saturated rings. The molecule has 3 nitrogen and oxygen atoms in total. The minimum absolute atomic E-state index is 0.00550. The van der Waals surface area contributed by atoms with Crippen LogP contribution in [0, 0.1) is 0 Å². The number of benzene rings is 1. The molecule has 0 aliphatic heterocycles. The van der Waals surface area contributed by atoms with Gasteiger partial charge in [-0.3, -0.25) is 0 Å². The van der Waals surface area contributed by atoms with Gasteiger partial charge in [-0.25, -0.2) is 0 Å². The van der Waals surface area contributed by atoms with Crippen LogP contribution in [0.5, 0.6) is 0 Å². The highest BCUT2D eigenvalue weighted by molar-refractivity contribution is 6.74. The first kappa shape index (κ1) is 18.0. The molecule has 5 heteroatoms. The van der Waals surface area contributed by atoms with Crippen LogP contribution in [0.15, 0.2) is 18.2 Å². The zero-order valence-corrected chi connectivity index (χ0v) is 16.2. The largest absolute Gasteiger partial charge is 0.411 e. The maximum Gasteiger partial charge on any atom is 0.192 e. The molecular formula is C17H27ClO3Si. The van der Waals surface area contributed by atoms with E-state index < -0.39 is 8.32 Å². The summed E-state index contributed by atoms with van der Waals surface area (Å²) in [7, 11) is -0.240. The average Bonchev–Trinajstić information content (AvgIpc) is 2.73. The molecule has 1 aromatic carbocycles. The number of hydrogen-bond donors (Lipinski definition) is 0. The number of rotatable bonds is 5. The molecule has 0 N–H and O–H groups in total. The molecule has 0 spiro atoms. The van der Waals surface area contributed by atoms with Gasteiger partial charge < -0.3 is 13.9 Å². The van der Waals surface area contributed by atoms with Gasteiger partial charge in [0, 0.05) is 24.1 Å². The van der Waals surface area contributed by atoms with E-state index in [1.807, 2.05) is 12.1 Å². The summed E-state index contributed by atoms with van der Waals surface area (Å²) >= 11 is 6.40. The van der Waals surface area contributed by atoms with Crippen molar-refractivity contribution in [2.75, 3.05) is 13.9 Å². The molecule has 2 rings (SSSR count). The van der Waals surface area contributed by atoms with Gasteiger partial charge in [0.2, 0.25) is 0 Å². The van der Waals surface area contributed by atoms with E-state index in [2.05, 4.69) is 39.9 Å². The van der Waals surface area contributed by atoms with Crippen molar-refractivity contribution in [3.05, 3.63) is 34.3 Å². The second kappa shape index (κ2) is 6.61. The van der Waals surface area contributed by atoms with Crippen molar-refractivity contribution in [2.45, 2.75) is 57.5 Å². The Labute approximate surface area is 140 Å². The highest BCUT2D eigenvalue weighted by Gasteiger charge is 2.44. The van der Waals surface area contributed by atoms with Crippen molar-refractivity contribution in [1.82, 2.24) is 0 Å². The van der Waals surface area contributed by atoms with E-state index >= 15 is 0 Å². The lowest BCUT2D eigenvalue weighted by Crippen LogP contribution is -2.45. The molecule has 0 radical (unpaired) electrons. The molecule has 0 saturated heterocycles. The zero-order valence-electron chi connectivity index (χ0n) is 14.4. The highest BCUT2D eigenvalue weighted by Crippen LogP contribution is 2.45. The van der Waals surface area contributed by atoms with Crippen LogP contribution in [0.1, 0.15) is 38.0 Å². The fraction of sp³-hybridized carbons (Fsp3) is 0.647. The number of halogens is 1. The minimum atomic E-state index is -1.87. The van der Waals surface area contributed by atoms with Gasteiger partial charge in [-0.1, -0.05) is 44.5 Å². The molecule has 0 aromatic heterocycles. The van der Waals surface area contributed by atoms with E-state index in [0.717, 1.165) is 17.0 Å². The number of ether oxygens (including phenoxy) is 2. The molecule has 0 heterocycles. The Hall–Kier alpha value is -0.393. The average molecular weight is 343 g/mol. The summed E-state index contributed by atoms with van der Waals surface area (Å²) in [5.41, 5.74) is 2.28. The van der Waals surface area contributed by atoms with E-state index in [-0.39, 0.29) is 24.0 Å². The molecule has 2 atom stereocenters. The van der Waals surface area contributed by atoms with E-state index in [1.165, 1.54) is 5.56 Å². The van der Waals surface area contributed by atoms with Crippen LogP contribution < -0.4 is 0 Å². The molecule has 0 amide bonds. The van der Waals surface area contributed by atoms with E-state index in [9.17, 15) is 0 Å². The van der Waals surface area contributed by atoms with E-state index in [1.54, 1.807) is 7.11 Å². The summed E-state index contributed by atoms with van der Waals surface area (Å²) in [6, 6.07) is 6.01. The third-order valence-electron chi connectivity index (χ3n) is 4.80. The summed E-state index contributed by atoms with van der Waals surface area (Å²) < 4.78 is 17.6. The summed E-state index contributed by atoms with van der Waals surface area (Å²) in [6.07, 6.45) is 0.695. The predicted molar refractivity (Wildman–Crippen MR) is 92.9 cm³/mol. The van der Waals surface area contributed by atoms with Gasteiger partial charge in [-0.05, 0) is 29.8 Å². The Morgan fingerprint density at radius 1 is 1.27 bits per heavy atom. The van der Waals surface area contributed by atoms with Crippen LogP contribution >= 0.6 is 11.6 Å². The first-order valence-electron chi connectivity index (χ1n) is 7.73. The van der Waals surface area contributed by atoms with Crippen molar-refractivity contribution in [3.8, 4) is 0 Å². The number of hydrogen-bond acceptors (Lipinski definition) is 3. The molecule has 0 unspecified atom stereocenters. The molecule has 22 heavy (non-hydrogen) atoms. The van der Waals surface area contributed by atoms with Crippen LogP contribution in [-0.4, -0.2) is 28.3 Å². The predicted octanol–water partition coefficient (Wildman–Crippen LogP) is 4.95. The summed E-state index contributed by atoms with van der Waals surface area (Å²) in [5, 5.41) is 0.914. The number of methoxy groups -OCH3 is 1. The van der Waals surface area contributed by atoms with Crippen LogP contribution in [0.4, 0.5) is 0 Å². The smallest absolute Gasteiger partial charge is 0.192 e. The van der Waals surface area contributed by atoms with Crippen molar-refractivity contribution < 1.29 is 13.9 Å². The quantitative estimate of drug-likeness (QED) is 0.559. The van der Waals surface area contributed by atoms with Gasteiger partial charge in [0.1, 0.15) is 12.9 Å². The minimum Gasteiger partial charge on any atom is -0.411 e. The van der Waals surface area contributed by atoms with E-state index in [0.29, 0.717) is 0 Å². The van der Waals surface area contributed by atoms with Gasteiger partial charge in [0.05, 0.1) is 6.10 Å². The molecular weight excluding hydrogens is 316 g/mol. The van der Waals surface area contributed by atoms with Crippen LogP contribution in [0.2, 0.25) is 23.2 Å². The van der Waals surface area contributed by atoms with E-state index in [4.69, 9.17) is 25.5 Å². The summed E-state index contributed by atoms with van der Waals surface area (Å²) in [5.74, 6) is 0. The van der Waals surface area contributed by atoms with Crippen LogP contribution in [-0.2, 0) is 20.3 Å². The topological polar surface area (TPSA) is 27.7 Å². The monoisotopic (exact) mass is 342 g/mol. The SMILES string of the molecule is COCO[C@@H]1c2c(Cl)cccc2C[C@@H]1O[Si](C)(C)C(C)(C)C. The Bertz CT molecular complexity index is 525. The van der Waals surface area contributed by atoms with Gasteiger partial charge in [0.15, 0.2) is 8.32 Å². The van der Waals surface area contributed by atoms with Gasteiger partial charge >= 0.3 is 0 Å². The summed E-state index contributed by atoms with van der Waals surface area (Å²) in [4.78, 5) is 0. The lowest BCUT2D eigenvalue weighted by molar-refractivity contribution is -0.105. The van der Waals surface area contributed by atoms with Crippen LogP contribution in [0.3, 0.4) is 0 Å². The normalized spacial score (nSPS) is 22.0. The lowest BCUT2D eigenvalue weighted by atomic mass is 10.1. The summed E-state index contributed by atoms with van der Waals surface area (Å²) in [6.45, 7) is 11.5. The Morgan fingerprint density at radius 3 is 2.55 bits per heavy atom. The molecule has 0 bridgehead atoms. The van der Waals surface area contributed by atoms with Gasteiger partial charge in [-0.2, -0.15) is 0 Å². The Morgan fingerprint density at radius 2 is 1.95 bits per heavy atom. The maximum absolute atomic E-state index is 6.61. The fourth-order valence-corrected chi connectivity index (χ4v) is 4.20. The van der Waals surface area contributed by atoms with Gasteiger partial charge in [0.25, 0.3) is 0 Å². The van der Waals surface area contributed by atoms with Gasteiger partial charge in [-0.15, -0.1) is 0 Å². The molecule has 1 aliphatic rings. The molecule has 1 aromatic rings. The Kier molecular flexibility index (Phi) is 5.40. The fourth-order valence-electron chi connectivity index (χ4n) is 2.58. The molecule has 1 aliphatic carbocycles. The third kappa shape index (κ3) is 3.57. The van der Waals surface area contributed by atoms with Crippen LogP contribution in [0.25, 0.3) is 0 Å². The van der Waals surface area contributed by atoms with Crippen molar-refractivity contribution >= 4 is 19.9 Å². The second-order valence-corrected chi connectivity index (χ2v) is 12.6. The highest BCUT2D eigenvalue weighted by atomic mass is 35.5. The number of fused-ring (bicyclic) bond motifs is 1. The van der Waals surface area contributed by atoms with Crippen molar-refractivity contribution in [3.63, 3.8) is 0 Å². The van der Waals surface area contributed by atoms with Crippen molar-refractivity contribution in [1.29, 1.82) is 0 Å². The molecule has 0 saturated carbocycles. The molecule has 124 valence electrons. The first-order valence-corrected chi connectivity index (χ1v) is 11.0. The first-order chi connectivity index (χ1) is 10.2. The maximum atomic E-state index is 6.61. The third-order valence-corrected chi connectivity index (χ3v) is 9.64. The van der Waals surface area contributed by atoms with Crippen molar-refractivity contribution in [2.24, 2.45) is 0 Å². The Balaban J connectivity index is 2.27. The zero-order chi connectivity index (χ0) is 16.5.